The monoisotopic (exact) mass is 488 g/mol. The average molecular weight is 489 g/mol. The van der Waals surface area contributed by atoms with E-state index < -0.39 is 4.92 Å². The number of carbonyl (C=O) groups excluding carboxylic acids is 2. The molecule has 2 rings (SSSR count). The average Bonchev–Trinajstić information content (AvgIpc) is 3.33. The molecule has 1 aromatic carbocycles. The molecule has 1 N–H and O–H groups in total. The molecular weight excluding hydrogens is 456 g/mol. The van der Waals surface area contributed by atoms with Crippen molar-refractivity contribution in [2.24, 2.45) is 0 Å². The highest BCUT2D eigenvalue weighted by Crippen LogP contribution is 2.14. The van der Waals surface area contributed by atoms with Crippen molar-refractivity contribution in [3.05, 3.63) is 63.9 Å². The van der Waals surface area contributed by atoms with Gasteiger partial charge in [0.1, 0.15) is 6.26 Å². The molecule has 2 aromatic rings. The zero-order valence-electron chi connectivity index (χ0n) is 20.1. The second-order valence-electron chi connectivity index (χ2n) is 7.43. The maximum atomic E-state index is 12.9. The lowest BCUT2D eigenvalue weighted by Gasteiger charge is -2.19. The number of nitrogens with one attached hydrogen (secondary N) is 1. The van der Waals surface area contributed by atoms with Crippen molar-refractivity contribution in [3.63, 3.8) is 0 Å². The molecule has 0 aliphatic rings. The van der Waals surface area contributed by atoms with E-state index in [0.29, 0.717) is 57.9 Å². The van der Waals surface area contributed by atoms with Gasteiger partial charge in [-0.05, 0) is 50.5 Å². The molecule has 0 saturated carbocycles. The number of hydrogen-bond acceptors (Lipinski definition) is 8. The van der Waals surface area contributed by atoms with Gasteiger partial charge >= 0.3 is 0 Å². The lowest BCUT2D eigenvalue weighted by atomic mass is 10.2. The number of nitro benzene ring substituents is 1. The second-order valence-corrected chi connectivity index (χ2v) is 7.43. The van der Waals surface area contributed by atoms with Gasteiger partial charge in [0.25, 0.3) is 11.6 Å². The molecule has 190 valence electrons. The van der Waals surface area contributed by atoms with Crippen molar-refractivity contribution < 1.29 is 28.4 Å². The normalized spacial score (nSPS) is 11.0. The molecular formula is C24H32N4O7. The molecule has 0 fully saturated rings. The third kappa shape index (κ3) is 10.1. The van der Waals surface area contributed by atoms with E-state index in [1.54, 1.807) is 18.2 Å². The molecule has 11 nitrogen and oxygen atoms in total. The molecule has 2 amide bonds. The Bertz CT molecular complexity index is 973. The van der Waals surface area contributed by atoms with Crippen molar-refractivity contribution in [1.29, 1.82) is 0 Å². The fourth-order valence-corrected chi connectivity index (χ4v) is 3.01. The maximum Gasteiger partial charge on any atom is 0.273 e. The van der Waals surface area contributed by atoms with Crippen LogP contribution in [0.4, 0.5) is 5.69 Å². The molecule has 0 bridgehead atoms. The van der Waals surface area contributed by atoms with Crippen molar-refractivity contribution in [2.45, 2.75) is 33.2 Å². The second kappa shape index (κ2) is 15.4. The summed E-state index contributed by atoms with van der Waals surface area (Å²) in [4.78, 5) is 41.2. The lowest BCUT2D eigenvalue weighted by Crippen LogP contribution is -2.31. The Kier molecular flexibility index (Phi) is 12.1. The van der Waals surface area contributed by atoms with Gasteiger partial charge in [-0.15, -0.1) is 0 Å². The lowest BCUT2D eigenvalue weighted by molar-refractivity contribution is -0.384. The molecule has 0 aliphatic heterocycles. The summed E-state index contributed by atoms with van der Waals surface area (Å²) in [6, 6.07) is 5.88. The van der Waals surface area contributed by atoms with Crippen LogP contribution in [0.3, 0.4) is 0 Å². The fraction of sp³-hybridized carbons (Fsp3) is 0.458. The van der Waals surface area contributed by atoms with Gasteiger partial charge < -0.3 is 24.1 Å². The van der Waals surface area contributed by atoms with Gasteiger partial charge in [0.2, 0.25) is 11.8 Å². The van der Waals surface area contributed by atoms with E-state index in [1.807, 2.05) is 13.8 Å². The SMILES string of the molecule is CCOCCCNC(=O)c1coc(CN(CCCOCC)C(=O)/C=C/c2ccc([N+](=O)[O-])cc2)n1. The number of carbonyl (C=O) groups is 2. The summed E-state index contributed by atoms with van der Waals surface area (Å²) in [6.07, 6.45) is 5.53. The number of amides is 2. The van der Waals surface area contributed by atoms with Gasteiger partial charge in [-0.1, -0.05) is 0 Å². The van der Waals surface area contributed by atoms with Crippen LogP contribution in [0.5, 0.6) is 0 Å². The third-order valence-electron chi connectivity index (χ3n) is 4.82. The van der Waals surface area contributed by atoms with Crippen LogP contribution in [0.15, 0.2) is 41.0 Å². The van der Waals surface area contributed by atoms with Gasteiger partial charge in [0, 0.05) is 57.7 Å². The van der Waals surface area contributed by atoms with Crippen LogP contribution in [-0.4, -0.2) is 66.1 Å². The van der Waals surface area contributed by atoms with E-state index in [2.05, 4.69) is 10.3 Å². The van der Waals surface area contributed by atoms with Crippen LogP contribution >= 0.6 is 0 Å². The summed E-state index contributed by atoms with van der Waals surface area (Å²) in [7, 11) is 0. The predicted octanol–water partition coefficient (Wildman–Crippen LogP) is 3.21. The molecule has 0 aliphatic carbocycles. The number of nitro groups is 1. The number of oxazole rings is 1. The summed E-state index contributed by atoms with van der Waals surface area (Å²) in [6.45, 7) is 6.99. The van der Waals surface area contributed by atoms with Crippen LogP contribution in [0.2, 0.25) is 0 Å². The standard InChI is InChI=1S/C24H32N4O7/c1-3-33-15-5-13-25-24(30)21-18-35-22(26-21)17-27(14-6-16-34-4-2)23(29)12-9-19-7-10-20(11-8-19)28(31)32/h7-12,18H,3-6,13-17H2,1-2H3,(H,25,30)/b12-9+. The molecule has 35 heavy (non-hydrogen) atoms. The zero-order chi connectivity index (χ0) is 25.5. The van der Waals surface area contributed by atoms with Crippen LogP contribution in [0.25, 0.3) is 6.08 Å². The molecule has 0 atom stereocenters. The number of benzene rings is 1. The Morgan fingerprint density at radius 3 is 2.49 bits per heavy atom. The molecule has 1 aromatic heterocycles. The van der Waals surface area contributed by atoms with Crippen molar-refractivity contribution in [3.8, 4) is 0 Å². The topological polar surface area (TPSA) is 137 Å². The van der Waals surface area contributed by atoms with Gasteiger partial charge in [-0.3, -0.25) is 19.7 Å². The van der Waals surface area contributed by atoms with Crippen LogP contribution in [0.1, 0.15) is 48.6 Å². The van der Waals surface area contributed by atoms with Crippen molar-refractivity contribution >= 4 is 23.6 Å². The predicted molar refractivity (Wildman–Crippen MR) is 129 cm³/mol. The van der Waals surface area contributed by atoms with Crippen LogP contribution in [0, 0.1) is 10.1 Å². The zero-order valence-corrected chi connectivity index (χ0v) is 20.1. The number of non-ortho nitro benzene ring substituents is 1. The highest BCUT2D eigenvalue weighted by molar-refractivity contribution is 5.92. The van der Waals surface area contributed by atoms with E-state index in [1.165, 1.54) is 29.4 Å². The Labute approximate surface area is 204 Å². The van der Waals surface area contributed by atoms with Crippen molar-refractivity contribution in [1.82, 2.24) is 15.2 Å². The third-order valence-corrected chi connectivity index (χ3v) is 4.82. The highest BCUT2D eigenvalue weighted by Gasteiger charge is 2.17. The number of aromatic nitrogens is 1. The first-order valence-electron chi connectivity index (χ1n) is 11.5. The van der Waals surface area contributed by atoms with Gasteiger partial charge in [-0.2, -0.15) is 0 Å². The summed E-state index contributed by atoms with van der Waals surface area (Å²) < 4.78 is 16.0. The minimum Gasteiger partial charge on any atom is -0.446 e. The summed E-state index contributed by atoms with van der Waals surface area (Å²) in [5.41, 5.74) is 0.765. The Morgan fingerprint density at radius 2 is 1.83 bits per heavy atom. The maximum absolute atomic E-state index is 12.9. The van der Waals surface area contributed by atoms with E-state index in [4.69, 9.17) is 13.9 Å². The smallest absolute Gasteiger partial charge is 0.273 e. The first-order valence-corrected chi connectivity index (χ1v) is 11.5. The Morgan fingerprint density at radius 1 is 1.14 bits per heavy atom. The first kappa shape index (κ1) is 27.7. The number of nitrogens with zero attached hydrogens (tertiary/aromatic N) is 3. The quantitative estimate of drug-likeness (QED) is 0.165. The van der Waals surface area contributed by atoms with Crippen molar-refractivity contribution in [2.75, 3.05) is 39.5 Å². The highest BCUT2D eigenvalue weighted by atomic mass is 16.6. The number of ether oxygens (including phenoxy) is 2. The summed E-state index contributed by atoms with van der Waals surface area (Å²) in [5.74, 6) is -0.415. The molecule has 1 heterocycles. The molecule has 0 saturated heterocycles. The van der Waals surface area contributed by atoms with E-state index in [9.17, 15) is 19.7 Å². The Balaban J connectivity index is 1.99. The van der Waals surface area contributed by atoms with E-state index in [0.717, 1.165) is 0 Å². The largest absolute Gasteiger partial charge is 0.446 e. The molecule has 0 spiro atoms. The minimum atomic E-state index is -0.482. The first-order chi connectivity index (χ1) is 16.9. The van der Waals surface area contributed by atoms with Crippen LogP contribution < -0.4 is 5.32 Å². The van der Waals surface area contributed by atoms with E-state index in [-0.39, 0.29) is 35.6 Å². The molecule has 0 radical (unpaired) electrons. The summed E-state index contributed by atoms with van der Waals surface area (Å²) in [5, 5.41) is 13.5. The molecule has 11 heteroatoms. The van der Waals surface area contributed by atoms with Crippen LogP contribution in [-0.2, 0) is 20.8 Å². The van der Waals surface area contributed by atoms with Gasteiger partial charge in [0.15, 0.2) is 5.69 Å². The Hall–Kier alpha value is -3.57. The van der Waals surface area contributed by atoms with E-state index >= 15 is 0 Å². The number of rotatable bonds is 16. The number of hydrogen-bond donors (Lipinski definition) is 1. The van der Waals surface area contributed by atoms with Gasteiger partial charge in [0.05, 0.1) is 11.5 Å². The summed E-state index contributed by atoms with van der Waals surface area (Å²) >= 11 is 0. The van der Waals surface area contributed by atoms with Gasteiger partial charge in [-0.25, -0.2) is 4.98 Å². The fourth-order valence-electron chi connectivity index (χ4n) is 3.01. The molecule has 0 unspecified atom stereocenters. The minimum absolute atomic E-state index is 0.0240.